The first-order chi connectivity index (χ1) is 13.8. The van der Waals surface area contributed by atoms with Crippen molar-refractivity contribution in [1.29, 1.82) is 0 Å². The fraction of sp³-hybridized carbons (Fsp3) is 0.350. The maximum absolute atomic E-state index is 15.1. The van der Waals surface area contributed by atoms with E-state index in [0.717, 1.165) is 17.7 Å². The number of fused-ring (bicyclic) bond motifs is 1. The molecule has 2 aliphatic rings. The van der Waals surface area contributed by atoms with E-state index in [9.17, 15) is 14.4 Å². The van der Waals surface area contributed by atoms with Gasteiger partial charge in [0.05, 0.1) is 16.4 Å². The Morgan fingerprint density at radius 2 is 2.07 bits per heavy atom. The van der Waals surface area contributed by atoms with Gasteiger partial charge in [-0.2, -0.15) is 0 Å². The highest BCUT2D eigenvalue weighted by molar-refractivity contribution is 7.15. The molecule has 0 atom stereocenters. The number of hydrogen-bond donors (Lipinski definition) is 3. The van der Waals surface area contributed by atoms with E-state index in [4.69, 9.17) is 5.11 Å². The fourth-order valence-electron chi connectivity index (χ4n) is 4.05. The second-order valence-corrected chi connectivity index (χ2v) is 8.87. The van der Waals surface area contributed by atoms with Crippen LogP contribution in [0.2, 0.25) is 0 Å². The van der Waals surface area contributed by atoms with E-state index in [1.54, 1.807) is 17.6 Å². The van der Waals surface area contributed by atoms with Crippen LogP contribution in [0.5, 0.6) is 0 Å². The Hall–Kier alpha value is -2.94. The molecule has 3 aromatic rings. The molecule has 2 aliphatic carbocycles. The predicted molar refractivity (Wildman–Crippen MR) is 107 cm³/mol. The van der Waals surface area contributed by atoms with Crippen molar-refractivity contribution in [2.24, 2.45) is 0 Å². The van der Waals surface area contributed by atoms with E-state index in [1.807, 2.05) is 6.07 Å². The first-order valence-electron chi connectivity index (χ1n) is 9.40. The molecule has 0 bridgehead atoms. The standard InChI is InChI=1S/C20H18FN3O4S/c1-9-15(13-4-5-14(29-13)20(6-7-20)23-19(27)28)12(21)8-11-16(9)24(10-2-3-10)18(26)22-17(11)25/h4-5,8,10,23H,2-3,6-7H2,1H3,(H,27,28)(H,22,25,26). The molecule has 9 heteroatoms. The van der Waals surface area contributed by atoms with Crippen molar-refractivity contribution in [3.05, 3.63) is 55.3 Å². The molecule has 7 nitrogen and oxygen atoms in total. The van der Waals surface area contributed by atoms with Crippen molar-refractivity contribution < 1.29 is 14.3 Å². The number of amides is 1. The van der Waals surface area contributed by atoms with Crippen LogP contribution in [-0.2, 0) is 5.54 Å². The van der Waals surface area contributed by atoms with Crippen molar-refractivity contribution in [2.75, 3.05) is 0 Å². The van der Waals surface area contributed by atoms with Crippen LogP contribution >= 0.6 is 11.3 Å². The highest BCUT2D eigenvalue weighted by atomic mass is 32.1. The molecule has 0 spiro atoms. The SMILES string of the molecule is Cc1c(-c2ccc(C3(NC(=O)O)CC3)s2)c(F)cc2c(=O)[nH]c(=O)n(C3CC3)c12. The van der Waals surface area contributed by atoms with Crippen LogP contribution in [0.3, 0.4) is 0 Å². The molecule has 2 heterocycles. The highest BCUT2D eigenvalue weighted by Gasteiger charge is 2.47. The minimum Gasteiger partial charge on any atom is -0.465 e. The van der Waals surface area contributed by atoms with Crippen molar-refractivity contribution in [1.82, 2.24) is 14.9 Å². The Balaban J connectivity index is 1.71. The lowest BCUT2D eigenvalue weighted by Gasteiger charge is -2.15. The first-order valence-corrected chi connectivity index (χ1v) is 10.2. The maximum atomic E-state index is 15.1. The summed E-state index contributed by atoms with van der Waals surface area (Å²) in [6.45, 7) is 1.72. The Kier molecular flexibility index (Phi) is 3.76. The predicted octanol–water partition coefficient (Wildman–Crippen LogP) is 3.46. The summed E-state index contributed by atoms with van der Waals surface area (Å²) in [6, 6.07) is 4.80. The molecule has 0 unspecified atom stereocenters. The first kappa shape index (κ1) is 18.1. The molecule has 2 aromatic heterocycles. The Morgan fingerprint density at radius 3 is 2.69 bits per heavy atom. The van der Waals surface area contributed by atoms with Crippen LogP contribution in [0, 0.1) is 12.7 Å². The molecule has 3 N–H and O–H groups in total. The molecule has 5 rings (SSSR count). The normalized spacial score (nSPS) is 17.4. The van der Waals surface area contributed by atoms with Crippen LogP contribution in [-0.4, -0.2) is 20.8 Å². The highest BCUT2D eigenvalue weighted by Crippen LogP contribution is 2.50. The van der Waals surface area contributed by atoms with Gasteiger partial charge in [-0.3, -0.25) is 14.3 Å². The Bertz CT molecular complexity index is 1300. The van der Waals surface area contributed by atoms with Crippen molar-refractivity contribution in [2.45, 2.75) is 44.2 Å². The van der Waals surface area contributed by atoms with Crippen LogP contribution in [0.1, 0.15) is 42.2 Å². The summed E-state index contributed by atoms with van der Waals surface area (Å²) in [5, 5.41) is 11.8. The molecule has 29 heavy (non-hydrogen) atoms. The maximum Gasteiger partial charge on any atom is 0.405 e. The average Bonchev–Trinajstić information content (AvgIpc) is 3.56. The second kappa shape index (κ2) is 6.03. The summed E-state index contributed by atoms with van der Waals surface area (Å²) in [4.78, 5) is 39.6. The average molecular weight is 415 g/mol. The summed E-state index contributed by atoms with van der Waals surface area (Å²) in [5.74, 6) is -0.536. The minimum atomic E-state index is -1.09. The third kappa shape index (κ3) is 2.79. The quantitative estimate of drug-likeness (QED) is 0.607. The van der Waals surface area contributed by atoms with Crippen molar-refractivity contribution >= 4 is 28.3 Å². The number of nitrogens with one attached hydrogen (secondary N) is 2. The van der Waals surface area contributed by atoms with Crippen LogP contribution < -0.4 is 16.6 Å². The summed E-state index contributed by atoms with van der Waals surface area (Å²) in [5.41, 5.74) is -0.301. The van der Waals surface area contributed by atoms with E-state index in [2.05, 4.69) is 10.3 Å². The van der Waals surface area contributed by atoms with Gasteiger partial charge in [0.15, 0.2) is 0 Å². The Morgan fingerprint density at radius 1 is 1.34 bits per heavy atom. The monoisotopic (exact) mass is 415 g/mol. The zero-order valence-corrected chi connectivity index (χ0v) is 16.4. The van der Waals surface area contributed by atoms with Gasteiger partial charge in [0.25, 0.3) is 5.56 Å². The number of halogens is 1. The largest absolute Gasteiger partial charge is 0.465 e. The van der Waals surface area contributed by atoms with E-state index < -0.39 is 28.7 Å². The lowest BCUT2D eigenvalue weighted by molar-refractivity contribution is 0.188. The van der Waals surface area contributed by atoms with Gasteiger partial charge in [-0.05, 0) is 56.4 Å². The topological polar surface area (TPSA) is 104 Å². The molecule has 0 aliphatic heterocycles. The molecule has 2 fully saturated rings. The number of hydrogen-bond acceptors (Lipinski definition) is 4. The van der Waals surface area contributed by atoms with Gasteiger partial charge < -0.3 is 10.4 Å². The van der Waals surface area contributed by atoms with E-state index >= 15 is 4.39 Å². The molecule has 2 saturated carbocycles. The molecule has 1 aromatic carbocycles. The number of H-pyrrole nitrogens is 1. The molecule has 1 amide bonds. The summed E-state index contributed by atoms with van der Waals surface area (Å²) >= 11 is 1.33. The third-order valence-electron chi connectivity index (χ3n) is 5.75. The number of carbonyl (C=O) groups is 1. The number of carboxylic acid groups (broad SMARTS) is 1. The summed E-state index contributed by atoms with van der Waals surface area (Å²) < 4.78 is 16.7. The fourth-order valence-corrected chi connectivity index (χ4v) is 5.36. The number of aromatic amines is 1. The van der Waals surface area contributed by atoms with Crippen LogP contribution in [0.25, 0.3) is 21.3 Å². The molecule has 0 saturated heterocycles. The molecular formula is C20H18FN3O4S. The second-order valence-electron chi connectivity index (χ2n) is 7.79. The van der Waals surface area contributed by atoms with Gasteiger partial charge in [0.1, 0.15) is 5.82 Å². The number of benzene rings is 1. The van der Waals surface area contributed by atoms with Gasteiger partial charge in [0.2, 0.25) is 0 Å². The van der Waals surface area contributed by atoms with E-state index in [-0.39, 0.29) is 11.4 Å². The lowest BCUT2D eigenvalue weighted by atomic mass is 10.0. The Labute approximate surface area is 167 Å². The molecule has 0 radical (unpaired) electrons. The lowest BCUT2D eigenvalue weighted by Crippen LogP contribution is -2.32. The van der Waals surface area contributed by atoms with Crippen LogP contribution in [0.4, 0.5) is 9.18 Å². The minimum absolute atomic E-state index is 0.0206. The number of thiophene rings is 1. The number of nitrogens with zero attached hydrogens (tertiary/aromatic N) is 1. The summed E-state index contributed by atoms with van der Waals surface area (Å²) in [6.07, 6.45) is 2.02. The summed E-state index contributed by atoms with van der Waals surface area (Å²) in [7, 11) is 0. The van der Waals surface area contributed by atoms with Gasteiger partial charge in [-0.25, -0.2) is 14.0 Å². The number of aryl methyl sites for hydroxylation is 1. The zero-order chi connectivity index (χ0) is 20.5. The van der Waals surface area contributed by atoms with E-state index in [1.165, 1.54) is 17.4 Å². The number of aromatic nitrogens is 2. The smallest absolute Gasteiger partial charge is 0.405 e. The van der Waals surface area contributed by atoms with E-state index in [0.29, 0.717) is 34.4 Å². The van der Waals surface area contributed by atoms with Crippen molar-refractivity contribution in [3.63, 3.8) is 0 Å². The van der Waals surface area contributed by atoms with Crippen LogP contribution in [0.15, 0.2) is 27.8 Å². The van der Waals surface area contributed by atoms with Crippen molar-refractivity contribution in [3.8, 4) is 10.4 Å². The third-order valence-corrected chi connectivity index (χ3v) is 7.06. The van der Waals surface area contributed by atoms with Gasteiger partial charge in [0, 0.05) is 21.4 Å². The van der Waals surface area contributed by atoms with Gasteiger partial charge >= 0.3 is 11.8 Å². The van der Waals surface area contributed by atoms with Gasteiger partial charge in [-0.1, -0.05) is 0 Å². The molecular weight excluding hydrogens is 397 g/mol. The van der Waals surface area contributed by atoms with Gasteiger partial charge in [-0.15, -0.1) is 11.3 Å². The number of rotatable bonds is 4. The zero-order valence-electron chi connectivity index (χ0n) is 15.5. The molecule has 150 valence electrons.